The van der Waals surface area contributed by atoms with Crippen molar-refractivity contribution in [3.05, 3.63) is 50.6 Å². The second-order valence-corrected chi connectivity index (χ2v) is 6.61. The maximum absolute atomic E-state index is 12.4. The Labute approximate surface area is 124 Å². The number of rotatable bonds is 4. The van der Waals surface area contributed by atoms with E-state index in [0.717, 1.165) is 8.66 Å². The number of ether oxygens (including phenoxy) is 1. The number of hydrogen-bond donors (Lipinski definition) is 0. The van der Waals surface area contributed by atoms with Crippen molar-refractivity contribution in [3.63, 3.8) is 0 Å². The highest BCUT2D eigenvalue weighted by Gasteiger charge is 2.16. The number of carbonyl (C=O) groups excluding carboxylic acids is 1. The molecule has 0 N–H and O–H groups in total. The van der Waals surface area contributed by atoms with Crippen LogP contribution in [0.2, 0.25) is 0 Å². The predicted octanol–water partition coefficient (Wildman–Crippen LogP) is 3.79. The van der Waals surface area contributed by atoms with E-state index < -0.39 is 0 Å². The molecule has 0 atom stereocenters. The van der Waals surface area contributed by atoms with E-state index in [4.69, 9.17) is 4.74 Å². The quantitative estimate of drug-likeness (QED) is 0.847. The first-order chi connectivity index (χ1) is 9.11. The zero-order chi connectivity index (χ0) is 13.8. The van der Waals surface area contributed by atoms with E-state index in [2.05, 4.69) is 15.9 Å². The third-order valence-electron chi connectivity index (χ3n) is 2.71. The lowest BCUT2D eigenvalue weighted by Gasteiger charge is -2.17. The molecule has 1 heterocycles. The van der Waals surface area contributed by atoms with Crippen molar-refractivity contribution < 1.29 is 9.53 Å². The van der Waals surface area contributed by atoms with Gasteiger partial charge in [-0.3, -0.25) is 4.79 Å². The molecule has 0 saturated carbocycles. The van der Waals surface area contributed by atoms with Crippen LogP contribution < -0.4 is 4.74 Å². The molecule has 0 fully saturated rings. The summed E-state index contributed by atoms with van der Waals surface area (Å²) < 4.78 is 6.29. The molecular formula is C14H14BrNO2S. The van der Waals surface area contributed by atoms with Gasteiger partial charge in [0, 0.05) is 11.9 Å². The van der Waals surface area contributed by atoms with Gasteiger partial charge in [-0.25, -0.2) is 0 Å². The minimum Gasteiger partial charge on any atom is -0.496 e. The summed E-state index contributed by atoms with van der Waals surface area (Å²) in [6.45, 7) is 0.590. The molecule has 2 rings (SSSR count). The van der Waals surface area contributed by atoms with E-state index in [0.29, 0.717) is 17.9 Å². The highest BCUT2D eigenvalue weighted by molar-refractivity contribution is 9.11. The monoisotopic (exact) mass is 339 g/mol. The topological polar surface area (TPSA) is 29.5 Å². The molecule has 0 aliphatic rings. The molecule has 100 valence electrons. The molecule has 19 heavy (non-hydrogen) atoms. The lowest BCUT2D eigenvalue weighted by atomic mass is 10.2. The van der Waals surface area contributed by atoms with Gasteiger partial charge in [0.25, 0.3) is 5.91 Å². The third-order valence-corrected chi connectivity index (χ3v) is 4.31. The number of para-hydroxylation sites is 1. The van der Waals surface area contributed by atoms with Crippen LogP contribution in [-0.2, 0) is 6.54 Å². The zero-order valence-electron chi connectivity index (χ0n) is 10.7. The van der Waals surface area contributed by atoms with Crippen LogP contribution in [0.25, 0.3) is 0 Å². The molecule has 5 heteroatoms. The second kappa shape index (κ2) is 6.21. The molecule has 2 aromatic rings. The number of thiophene rings is 1. The summed E-state index contributed by atoms with van der Waals surface area (Å²) in [6.07, 6.45) is 0. The van der Waals surface area contributed by atoms with Gasteiger partial charge in [-0.2, -0.15) is 0 Å². The average molecular weight is 340 g/mol. The highest BCUT2D eigenvalue weighted by Crippen LogP contribution is 2.24. The maximum atomic E-state index is 12.4. The van der Waals surface area contributed by atoms with Gasteiger partial charge in [0.2, 0.25) is 0 Å². The summed E-state index contributed by atoms with van der Waals surface area (Å²) in [5.41, 5.74) is 0.586. The molecule has 3 nitrogen and oxygen atoms in total. The highest BCUT2D eigenvalue weighted by atomic mass is 79.9. The van der Waals surface area contributed by atoms with E-state index in [1.165, 1.54) is 0 Å². The first-order valence-electron chi connectivity index (χ1n) is 5.74. The smallest absolute Gasteiger partial charge is 0.257 e. The van der Waals surface area contributed by atoms with Gasteiger partial charge in [-0.15, -0.1) is 11.3 Å². The Bertz CT molecular complexity index is 582. The first-order valence-corrected chi connectivity index (χ1v) is 7.35. The summed E-state index contributed by atoms with van der Waals surface area (Å²) in [6, 6.07) is 11.3. The van der Waals surface area contributed by atoms with Crippen LogP contribution in [0.4, 0.5) is 0 Å². The van der Waals surface area contributed by atoms with E-state index >= 15 is 0 Å². The number of carbonyl (C=O) groups is 1. The van der Waals surface area contributed by atoms with Crippen molar-refractivity contribution in [1.82, 2.24) is 4.90 Å². The Morgan fingerprint density at radius 3 is 2.68 bits per heavy atom. The third kappa shape index (κ3) is 3.36. The summed E-state index contributed by atoms with van der Waals surface area (Å²) in [4.78, 5) is 15.2. The molecule has 0 spiro atoms. The molecule has 1 aromatic heterocycles. The Morgan fingerprint density at radius 1 is 1.32 bits per heavy atom. The standard InChI is InChI=1S/C14H14BrNO2S/c1-16(9-10-7-8-13(15)19-10)14(17)11-5-3-4-6-12(11)18-2/h3-8H,9H2,1-2H3. The van der Waals surface area contributed by atoms with Crippen LogP contribution in [0.15, 0.2) is 40.2 Å². The summed E-state index contributed by atoms with van der Waals surface area (Å²) in [5.74, 6) is 0.564. The first kappa shape index (κ1) is 14.1. The van der Waals surface area contributed by atoms with E-state index in [9.17, 15) is 4.79 Å². The Hall–Kier alpha value is -1.33. The van der Waals surface area contributed by atoms with Gasteiger partial charge in [-0.05, 0) is 40.2 Å². The van der Waals surface area contributed by atoms with Crippen LogP contribution in [-0.4, -0.2) is 25.0 Å². The van der Waals surface area contributed by atoms with Gasteiger partial charge >= 0.3 is 0 Å². The minimum absolute atomic E-state index is 0.0398. The summed E-state index contributed by atoms with van der Waals surface area (Å²) >= 11 is 5.05. The molecule has 0 bridgehead atoms. The van der Waals surface area contributed by atoms with Crippen LogP contribution in [0, 0.1) is 0 Å². The van der Waals surface area contributed by atoms with Crippen molar-refractivity contribution in [3.8, 4) is 5.75 Å². The van der Waals surface area contributed by atoms with Crippen molar-refractivity contribution in [1.29, 1.82) is 0 Å². The number of benzene rings is 1. The number of halogens is 1. The minimum atomic E-state index is -0.0398. The molecule has 0 aliphatic heterocycles. The van der Waals surface area contributed by atoms with E-state index in [1.54, 1.807) is 42.5 Å². The van der Waals surface area contributed by atoms with E-state index in [1.807, 2.05) is 24.3 Å². The molecule has 0 unspecified atom stereocenters. The van der Waals surface area contributed by atoms with Crippen LogP contribution >= 0.6 is 27.3 Å². The second-order valence-electron chi connectivity index (χ2n) is 4.07. The number of hydrogen-bond acceptors (Lipinski definition) is 3. The molecule has 0 saturated heterocycles. The van der Waals surface area contributed by atoms with Crippen molar-refractivity contribution in [2.75, 3.05) is 14.2 Å². The van der Waals surface area contributed by atoms with Crippen molar-refractivity contribution in [2.45, 2.75) is 6.54 Å². The summed E-state index contributed by atoms with van der Waals surface area (Å²) in [7, 11) is 3.37. The summed E-state index contributed by atoms with van der Waals surface area (Å²) in [5, 5.41) is 0. The molecular weight excluding hydrogens is 326 g/mol. The van der Waals surface area contributed by atoms with Crippen LogP contribution in [0.3, 0.4) is 0 Å². The maximum Gasteiger partial charge on any atom is 0.257 e. The van der Waals surface area contributed by atoms with Gasteiger partial charge in [0.1, 0.15) is 5.75 Å². The lowest BCUT2D eigenvalue weighted by Crippen LogP contribution is -2.26. The SMILES string of the molecule is COc1ccccc1C(=O)N(C)Cc1ccc(Br)s1. The number of nitrogens with zero attached hydrogens (tertiary/aromatic N) is 1. The predicted molar refractivity (Wildman–Crippen MR) is 80.8 cm³/mol. The van der Waals surface area contributed by atoms with E-state index in [-0.39, 0.29) is 5.91 Å². The molecule has 0 radical (unpaired) electrons. The fourth-order valence-electron chi connectivity index (χ4n) is 1.77. The Morgan fingerprint density at radius 2 is 2.05 bits per heavy atom. The molecule has 0 aliphatic carbocycles. The normalized spacial score (nSPS) is 10.3. The van der Waals surface area contributed by atoms with Gasteiger partial charge in [-0.1, -0.05) is 12.1 Å². The fraction of sp³-hybridized carbons (Fsp3) is 0.214. The van der Waals surface area contributed by atoms with Crippen LogP contribution in [0.1, 0.15) is 15.2 Å². The number of methoxy groups -OCH3 is 1. The largest absolute Gasteiger partial charge is 0.496 e. The fourth-order valence-corrected chi connectivity index (χ4v) is 3.31. The zero-order valence-corrected chi connectivity index (χ0v) is 13.1. The Kier molecular flexibility index (Phi) is 4.61. The van der Waals surface area contributed by atoms with Gasteiger partial charge in [0.15, 0.2) is 0 Å². The molecule has 1 amide bonds. The van der Waals surface area contributed by atoms with Crippen LogP contribution in [0.5, 0.6) is 5.75 Å². The lowest BCUT2D eigenvalue weighted by molar-refractivity contribution is 0.0783. The molecule has 1 aromatic carbocycles. The van der Waals surface area contributed by atoms with Crippen molar-refractivity contribution >= 4 is 33.2 Å². The van der Waals surface area contributed by atoms with Gasteiger partial charge in [0.05, 0.1) is 23.0 Å². The number of amides is 1. The Balaban J connectivity index is 2.14. The van der Waals surface area contributed by atoms with Gasteiger partial charge < -0.3 is 9.64 Å². The van der Waals surface area contributed by atoms with Crippen molar-refractivity contribution in [2.24, 2.45) is 0 Å². The average Bonchev–Trinajstić information content (AvgIpc) is 2.83.